The molecule has 2 rings (SSSR count). The fraction of sp³-hybridized carbons (Fsp3) is 0.286. The minimum atomic E-state index is -0.197. The van der Waals surface area contributed by atoms with Crippen LogP contribution in [0.4, 0.5) is 10.3 Å². The monoisotopic (exact) mass is 245 g/mol. The standard InChI is InChI=1S/C14H16FN3/c1-3-7-16-14-17-8-6-13(18-14)11-4-5-12(15)10(2)9-11/h4-6,8-9H,3,7H2,1-2H3,(H,16,17,18). The smallest absolute Gasteiger partial charge is 0.223 e. The molecule has 0 unspecified atom stereocenters. The molecule has 0 saturated carbocycles. The largest absolute Gasteiger partial charge is 0.354 e. The molecule has 0 atom stereocenters. The summed E-state index contributed by atoms with van der Waals surface area (Å²) in [5.41, 5.74) is 2.32. The average molecular weight is 245 g/mol. The predicted octanol–water partition coefficient (Wildman–Crippen LogP) is 3.41. The molecule has 94 valence electrons. The first kappa shape index (κ1) is 12.5. The van der Waals surface area contributed by atoms with Crippen molar-refractivity contribution in [1.82, 2.24) is 9.97 Å². The first-order valence-electron chi connectivity index (χ1n) is 6.04. The van der Waals surface area contributed by atoms with Crippen molar-refractivity contribution in [3.63, 3.8) is 0 Å². The van der Waals surface area contributed by atoms with E-state index >= 15 is 0 Å². The number of aromatic nitrogens is 2. The van der Waals surface area contributed by atoms with Gasteiger partial charge in [0.2, 0.25) is 5.95 Å². The molecule has 2 aromatic rings. The fourth-order valence-electron chi connectivity index (χ4n) is 1.65. The van der Waals surface area contributed by atoms with Gasteiger partial charge in [0.25, 0.3) is 0 Å². The summed E-state index contributed by atoms with van der Waals surface area (Å²) >= 11 is 0. The number of halogens is 1. The minimum absolute atomic E-state index is 0.197. The van der Waals surface area contributed by atoms with Crippen molar-refractivity contribution in [3.05, 3.63) is 41.8 Å². The maximum absolute atomic E-state index is 13.2. The third-order valence-corrected chi connectivity index (χ3v) is 2.64. The van der Waals surface area contributed by atoms with Crippen LogP contribution in [0.25, 0.3) is 11.3 Å². The molecule has 3 nitrogen and oxygen atoms in total. The number of nitrogens with one attached hydrogen (secondary N) is 1. The van der Waals surface area contributed by atoms with Gasteiger partial charge in [-0.05, 0) is 43.2 Å². The number of rotatable bonds is 4. The van der Waals surface area contributed by atoms with Crippen LogP contribution in [-0.2, 0) is 0 Å². The summed E-state index contributed by atoms with van der Waals surface area (Å²) in [6.07, 6.45) is 2.72. The van der Waals surface area contributed by atoms with Gasteiger partial charge in [-0.3, -0.25) is 0 Å². The summed E-state index contributed by atoms with van der Waals surface area (Å²) in [6.45, 7) is 4.67. The first-order chi connectivity index (χ1) is 8.70. The summed E-state index contributed by atoms with van der Waals surface area (Å²) in [5.74, 6) is 0.411. The number of hydrogen-bond donors (Lipinski definition) is 1. The summed E-state index contributed by atoms with van der Waals surface area (Å²) < 4.78 is 13.2. The Hall–Kier alpha value is -1.97. The van der Waals surface area contributed by atoms with Crippen LogP contribution in [0.5, 0.6) is 0 Å². The molecule has 1 heterocycles. The Labute approximate surface area is 106 Å². The molecule has 1 aromatic carbocycles. The van der Waals surface area contributed by atoms with Crippen molar-refractivity contribution < 1.29 is 4.39 Å². The van der Waals surface area contributed by atoms with E-state index in [-0.39, 0.29) is 5.82 Å². The predicted molar refractivity (Wildman–Crippen MR) is 70.9 cm³/mol. The van der Waals surface area contributed by atoms with E-state index in [1.54, 1.807) is 25.3 Å². The van der Waals surface area contributed by atoms with Gasteiger partial charge < -0.3 is 5.32 Å². The minimum Gasteiger partial charge on any atom is -0.354 e. The highest BCUT2D eigenvalue weighted by Crippen LogP contribution is 2.20. The summed E-state index contributed by atoms with van der Waals surface area (Å²) in [4.78, 5) is 8.55. The number of hydrogen-bond acceptors (Lipinski definition) is 3. The molecule has 0 aliphatic heterocycles. The molecule has 0 saturated heterocycles. The molecular weight excluding hydrogens is 229 g/mol. The van der Waals surface area contributed by atoms with Crippen LogP contribution in [0.15, 0.2) is 30.5 Å². The van der Waals surface area contributed by atoms with Gasteiger partial charge in [-0.1, -0.05) is 6.92 Å². The zero-order chi connectivity index (χ0) is 13.0. The van der Waals surface area contributed by atoms with E-state index in [4.69, 9.17) is 0 Å². The molecule has 0 fully saturated rings. The van der Waals surface area contributed by atoms with Crippen molar-refractivity contribution in [1.29, 1.82) is 0 Å². The fourth-order valence-corrected chi connectivity index (χ4v) is 1.65. The van der Waals surface area contributed by atoms with E-state index < -0.39 is 0 Å². The van der Waals surface area contributed by atoms with Gasteiger partial charge in [0.15, 0.2) is 0 Å². The summed E-state index contributed by atoms with van der Waals surface area (Å²) in [7, 11) is 0. The van der Waals surface area contributed by atoms with Gasteiger partial charge in [-0.15, -0.1) is 0 Å². The molecule has 18 heavy (non-hydrogen) atoms. The van der Waals surface area contributed by atoms with Crippen molar-refractivity contribution in [2.45, 2.75) is 20.3 Å². The van der Waals surface area contributed by atoms with E-state index in [1.807, 2.05) is 6.07 Å². The van der Waals surface area contributed by atoms with Crippen LogP contribution in [0.1, 0.15) is 18.9 Å². The zero-order valence-electron chi connectivity index (χ0n) is 10.6. The average Bonchev–Trinajstić information content (AvgIpc) is 2.40. The Morgan fingerprint density at radius 3 is 2.83 bits per heavy atom. The van der Waals surface area contributed by atoms with Gasteiger partial charge in [0.05, 0.1) is 5.69 Å². The van der Waals surface area contributed by atoms with Crippen LogP contribution in [0.3, 0.4) is 0 Å². The SMILES string of the molecule is CCCNc1nccc(-c2ccc(F)c(C)c2)n1. The van der Waals surface area contributed by atoms with E-state index in [2.05, 4.69) is 22.2 Å². The highest BCUT2D eigenvalue weighted by molar-refractivity contribution is 5.60. The molecule has 0 aliphatic rings. The second-order valence-electron chi connectivity index (χ2n) is 4.16. The van der Waals surface area contributed by atoms with Gasteiger partial charge >= 0.3 is 0 Å². The Bertz CT molecular complexity index is 540. The molecule has 4 heteroatoms. The Morgan fingerprint density at radius 2 is 2.11 bits per heavy atom. The lowest BCUT2D eigenvalue weighted by molar-refractivity contribution is 0.619. The molecule has 1 aromatic heterocycles. The maximum atomic E-state index is 13.2. The molecule has 0 amide bonds. The molecule has 0 spiro atoms. The van der Waals surface area contributed by atoms with Crippen LogP contribution in [-0.4, -0.2) is 16.5 Å². The first-order valence-corrected chi connectivity index (χ1v) is 6.04. The highest BCUT2D eigenvalue weighted by atomic mass is 19.1. The van der Waals surface area contributed by atoms with Crippen LogP contribution in [0.2, 0.25) is 0 Å². The molecular formula is C14H16FN3. The van der Waals surface area contributed by atoms with E-state index in [9.17, 15) is 4.39 Å². The van der Waals surface area contributed by atoms with Gasteiger partial charge in [-0.2, -0.15) is 0 Å². The van der Waals surface area contributed by atoms with Gasteiger partial charge in [0, 0.05) is 18.3 Å². The molecule has 0 radical (unpaired) electrons. The summed E-state index contributed by atoms with van der Waals surface area (Å²) in [6, 6.07) is 6.81. The van der Waals surface area contributed by atoms with Crippen molar-refractivity contribution >= 4 is 5.95 Å². The molecule has 1 N–H and O–H groups in total. The maximum Gasteiger partial charge on any atom is 0.223 e. The zero-order valence-corrected chi connectivity index (χ0v) is 10.6. The lowest BCUT2D eigenvalue weighted by Gasteiger charge is -2.06. The van der Waals surface area contributed by atoms with E-state index in [0.29, 0.717) is 11.5 Å². The highest BCUT2D eigenvalue weighted by Gasteiger charge is 2.04. The topological polar surface area (TPSA) is 37.8 Å². The van der Waals surface area contributed by atoms with Crippen LogP contribution >= 0.6 is 0 Å². The third-order valence-electron chi connectivity index (χ3n) is 2.64. The lowest BCUT2D eigenvalue weighted by Crippen LogP contribution is -2.04. The number of nitrogens with zero attached hydrogens (tertiary/aromatic N) is 2. The van der Waals surface area contributed by atoms with Gasteiger partial charge in [-0.25, -0.2) is 14.4 Å². The van der Waals surface area contributed by atoms with Crippen molar-refractivity contribution in [3.8, 4) is 11.3 Å². The van der Waals surface area contributed by atoms with Crippen LogP contribution < -0.4 is 5.32 Å². The third kappa shape index (κ3) is 2.83. The normalized spacial score (nSPS) is 10.4. The number of aryl methyl sites for hydroxylation is 1. The lowest BCUT2D eigenvalue weighted by atomic mass is 10.1. The van der Waals surface area contributed by atoms with E-state index in [1.165, 1.54) is 6.07 Å². The van der Waals surface area contributed by atoms with Gasteiger partial charge in [0.1, 0.15) is 5.82 Å². The Kier molecular flexibility index (Phi) is 3.87. The second kappa shape index (κ2) is 5.58. The second-order valence-corrected chi connectivity index (χ2v) is 4.16. The van der Waals surface area contributed by atoms with Crippen molar-refractivity contribution in [2.24, 2.45) is 0 Å². The number of anilines is 1. The van der Waals surface area contributed by atoms with E-state index in [0.717, 1.165) is 24.2 Å². The molecule has 0 bridgehead atoms. The summed E-state index contributed by atoms with van der Waals surface area (Å²) in [5, 5.41) is 3.13. The molecule has 0 aliphatic carbocycles. The Balaban J connectivity index is 2.29. The number of benzene rings is 1. The van der Waals surface area contributed by atoms with Crippen molar-refractivity contribution in [2.75, 3.05) is 11.9 Å². The Morgan fingerprint density at radius 1 is 1.28 bits per heavy atom. The van der Waals surface area contributed by atoms with Crippen LogP contribution in [0, 0.1) is 12.7 Å². The quantitative estimate of drug-likeness (QED) is 0.897.